The zero-order valence-electron chi connectivity index (χ0n) is 8.67. The number of carbonyl (C=O) groups excluding carboxylic acids is 1. The maximum atomic E-state index is 11.8. The average Bonchev–Trinajstić information content (AvgIpc) is 2.41. The van der Waals surface area contributed by atoms with Crippen LogP contribution in [0.1, 0.15) is 6.42 Å². The lowest BCUT2D eigenvalue weighted by molar-refractivity contribution is -0.117. The van der Waals surface area contributed by atoms with Gasteiger partial charge in [-0.3, -0.25) is 4.79 Å². The first kappa shape index (κ1) is 11.7. The Morgan fingerprint density at radius 1 is 1.19 bits per heavy atom. The van der Waals surface area contributed by atoms with E-state index in [1.165, 1.54) is 0 Å². The molecule has 0 unspecified atom stereocenters. The Bertz CT molecular complexity index is 389. The van der Waals surface area contributed by atoms with Crippen LogP contribution >= 0.6 is 23.2 Å². The van der Waals surface area contributed by atoms with Crippen LogP contribution < -0.4 is 10.2 Å². The summed E-state index contributed by atoms with van der Waals surface area (Å²) in [7, 11) is 0. The van der Waals surface area contributed by atoms with E-state index in [0.717, 1.165) is 18.7 Å². The van der Waals surface area contributed by atoms with Gasteiger partial charge in [0.1, 0.15) is 0 Å². The smallest absolute Gasteiger partial charge is 0.240 e. The summed E-state index contributed by atoms with van der Waals surface area (Å²) in [5, 5.41) is 4.17. The van der Waals surface area contributed by atoms with Gasteiger partial charge in [0, 0.05) is 22.3 Å². The fourth-order valence-corrected chi connectivity index (χ4v) is 2.26. The Hall–Kier alpha value is -0.770. The summed E-state index contributed by atoms with van der Waals surface area (Å²) in [5.41, 5.74) is 0.770. The first-order chi connectivity index (χ1) is 7.66. The molecule has 1 aliphatic rings. The number of halogens is 2. The normalized spacial score (nSPS) is 17.4. The van der Waals surface area contributed by atoms with Crippen LogP contribution in [-0.4, -0.2) is 25.5 Å². The third kappa shape index (κ3) is 2.67. The van der Waals surface area contributed by atoms with Crippen LogP contribution in [0.25, 0.3) is 0 Å². The third-order valence-electron chi connectivity index (χ3n) is 2.47. The van der Waals surface area contributed by atoms with E-state index in [1.54, 1.807) is 23.1 Å². The summed E-state index contributed by atoms with van der Waals surface area (Å²) in [6.45, 7) is 1.92. The first-order valence-corrected chi connectivity index (χ1v) is 5.89. The van der Waals surface area contributed by atoms with Gasteiger partial charge in [-0.15, -0.1) is 0 Å². The Balaban J connectivity index is 2.30. The Morgan fingerprint density at radius 3 is 2.56 bits per heavy atom. The van der Waals surface area contributed by atoms with Gasteiger partial charge < -0.3 is 10.2 Å². The van der Waals surface area contributed by atoms with Crippen molar-refractivity contribution in [2.75, 3.05) is 24.5 Å². The quantitative estimate of drug-likeness (QED) is 0.839. The Kier molecular flexibility index (Phi) is 3.69. The molecule has 1 N–H and O–H groups in total. The molecule has 0 bridgehead atoms. The number of nitrogens with zero attached hydrogens (tertiary/aromatic N) is 1. The summed E-state index contributed by atoms with van der Waals surface area (Å²) < 4.78 is 0. The van der Waals surface area contributed by atoms with Gasteiger partial charge in [-0.25, -0.2) is 0 Å². The van der Waals surface area contributed by atoms with E-state index in [9.17, 15) is 4.79 Å². The molecule has 0 aliphatic carbocycles. The summed E-state index contributed by atoms with van der Waals surface area (Å²) >= 11 is 11.8. The molecule has 0 saturated carbocycles. The van der Waals surface area contributed by atoms with Crippen molar-refractivity contribution >= 4 is 34.8 Å². The fourth-order valence-electron chi connectivity index (χ4n) is 1.75. The van der Waals surface area contributed by atoms with E-state index in [1.807, 2.05) is 0 Å². The second kappa shape index (κ2) is 5.04. The minimum atomic E-state index is 0.0517. The van der Waals surface area contributed by atoms with Gasteiger partial charge in [0.15, 0.2) is 0 Å². The minimum Gasteiger partial charge on any atom is -0.311 e. The lowest BCUT2D eigenvalue weighted by Gasteiger charge is -2.20. The van der Waals surface area contributed by atoms with Crippen molar-refractivity contribution in [3.05, 3.63) is 28.2 Å². The molecule has 1 fully saturated rings. The molecule has 1 aromatic rings. The van der Waals surface area contributed by atoms with E-state index in [-0.39, 0.29) is 5.91 Å². The second-order valence-corrected chi connectivity index (χ2v) is 4.58. The highest BCUT2D eigenvalue weighted by Gasteiger charge is 2.18. The van der Waals surface area contributed by atoms with Crippen LogP contribution in [0.3, 0.4) is 0 Å². The van der Waals surface area contributed by atoms with Crippen molar-refractivity contribution in [1.82, 2.24) is 5.32 Å². The number of hydrogen-bond donors (Lipinski definition) is 1. The summed E-state index contributed by atoms with van der Waals surface area (Å²) in [6, 6.07) is 5.18. The topological polar surface area (TPSA) is 32.3 Å². The highest BCUT2D eigenvalue weighted by molar-refractivity contribution is 6.35. The predicted octanol–water partition coefficient (Wildman–Crippen LogP) is 2.32. The standard InChI is InChI=1S/C11H12Cl2N2O/c12-8-4-9(13)6-10(5-8)15-3-1-2-14-7-11(15)16/h4-6,14H,1-3,7H2. The van der Waals surface area contributed by atoms with E-state index in [0.29, 0.717) is 23.1 Å². The van der Waals surface area contributed by atoms with Crippen LogP contribution in [0.5, 0.6) is 0 Å². The highest BCUT2D eigenvalue weighted by atomic mass is 35.5. The van der Waals surface area contributed by atoms with E-state index >= 15 is 0 Å². The van der Waals surface area contributed by atoms with Crippen LogP contribution in [0, 0.1) is 0 Å². The molecule has 0 radical (unpaired) electrons. The van der Waals surface area contributed by atoms with Crippen molar-refractivity contribution in [2.24, 2.45) is 0 Å². The largest absolute Gasteiger partial charge is 0.311 e. The molecule has 1 amide bonds. The predicted molar refractivity (Wildman–Crippen MR) is 66.3 cm³/mol. The third-order valence-corrected chi connectivity index (χ3v) is 2.91. The molecule has 2 rings (SSSR count). The SMILES string of the molecule is O=C1CNCCCN1c1cc(Cl)cc(Cl)c1. The molecular weight excluding hydrogens is 247 g/mol. The van der Waals surface area contributed by atoms with Crippen molar-refractivity contribution in [1.29, 1.82) is 0 Å². The molecule has 1 heterocycles. The van der Waals surface area contributed by atoms with Crippen LogP contribution in [0.15, 0.2) is 18.2 Å². The molecule has 0 atom stereocenters. The van der Waals surface area contributed by atoms with E-state index in [2.05, 4.69) is 5.32 Å². The lowest BCUT2D eigenvalue weighted by Crippen LogP contribution is -2.34. The summed E-state index contributed by atoms with van der Waals surface area (Å²) in [4.78, 5) is 13.5. The molecule has 86 valence electrons. The molecule has 0 spiro atoms. The average molecular weight is 259 g/mol. The van der Waals surface area contributed by atoms with E-state index < -0.39 is 0 Å². The molecule has 1 aliphatic heterocycles. The van der Waals surface area contributed by atoms with Crippen molar-refractivity contribution in [3.63, 3.8) is 0 Å². The zero-order valence-corrected chi connectivity index (χ0v) is 10.2. The second-order valence-electron chi connectivity index (χ2n) is 3.70. The Labute approximate surface area is 104 Å². The monoisotopic (exact) mass is 258 g/mol. The summed E-state index contributed by atoms with van der Waals surface area (Å²) in [5.74, 6) is 0.0517. The van der Waals surface area contributed by atoms with Gasteiger partial charge in [-0.1, -0.05) is 23.2 Å². The molecular formula is C11H12Cl2N2O. The van der Waals surface area contributed by atoms with Gasteiger partial charge in [0.2, 0.25) is 5.91 Å². The number of carbonyl (C=O) groups is 1. The van der Waals surface area contributed by atoms with Crippen LogP contribution in [0.4, 0.5) is 5.69 Å². The lowest BCUT2D eigenvalue weighted by atomic mass is 10.2. The van der Waals surface area contributed by atoms with Crippen molar-refractivity contribution in [2.45, 2.75) is 6.42 Å². The van der Waals surface area contributed by atoms with Gasteiger partial charge >= 0.3 is 0 Å². The van der Waals surface area contributed by atoms with Gasteiger partial charge in [0.25, 0.3) is 0 Å². The minimum absolute atomic E-state index is 0.0517. The van der Waals surface area contributed by atoms with Gasteiger partial charge in [0.05, 0.1) is 6.54 Å². The molecule has 5 heteroatoms. The number of anilines is 1. The molecule has 1 aromatic carbocycles. The maximum absolute atomic E-state index is 11.8. The van der Waals surface area contributed by atoms with Gasteiger partial charge in [-0.2, -0.15) is 0 Å². The number of benzene rings is 1. The molecule has 1 saturated heterocycles. The molecule has 16 heavy (non-hydrogen) atoms. The van der Waals surface area contributed by atoms with Crippen LogP contribution in [0.2, 0.25) is 10.0 Å². The van der Waals surface area contributed by atoms with Gasteiger partial charge in [-0.05, 0) is 31.2 Å². The van der Waals surface area contributed by atoms with Crippen molar-refractivity contribution < 1.29 is 4.79 Å². The zero-order chi connectivity index (χ0) is 11.5. The maximum Gasteiger partial charge on any atom is 0.240 e. The fraction of sp³-hybridized carbons (Fsp3) is 0.364. The molecule has 3 nitrogen and oxygen atoms in total. The molecule has 0 aromatic heterocycles. The number of amides is 1. The summed E-state index contributed by atoms with van der Waals surface area (Å²) in [6.07, 6.45) is 0.926. The number of rotatable bonds is 1. The van der Waals surface area contributed by atoms with E-state index in [4.69, 9.17) is 23.2 Å². The first-order valence-electron chi connectivity index (χ1n) is 5.14. The van der Waals surface area contributed by atoms with Crippen molar-refractivity contribution in [3.8, 4) is 0 Å². The highest BCUT2D eigenvalue weighted by Crippen LogP contribution is 2.26. The number of hydrogen-bond acceptors (Lipinski definition) is 2. The Morgan fingerprint density at radius 2 is 1.88 bits per heavy atom. The van der Waals surface area contributed by atoms with Crippen LogP contribution in [-0.2, 0) is 4.79 Å². The number of nitrogens with one attached hydrogen (secondary N) is 1.